The van der Waals surface area contributed by atoms with E-state index in [2.05, 4.69) is 22.5 Å². The molecule has 98 valence electrons. The van der Waals surface area contributed by atoms with Crippen LogP contribution in [0, 0.1) is 11.3 Å². The molecule has 0 N–H and O–H groups in total. The number of fused-ring (bicyclic) bond motifs is 1. The summed E-state index contributed by atoms with van der Waals surface area (Å²) in [4.78, 5) is 4.62. The van der Waals surface area contributed by atoms with Crippen LogP contribution in [0.25, 0.3) is 11.0 Å². The van der Waals surface area contributed by atoms with Crippen molar-refractivity contribution in [3.63, 3.8) is 0 Å². The highest BCUT2D eigenvalue weighted by Gasteiger charge is 2.39. The molecule has 0 atom stereocenters. The van der Waals surface area contributed by atoms with Gasteiger partial charge in [-0.3, -0.25) is 0 Å². The number of aromatic nitrogens is 2. The zero-order chi connectivity index (χ0) is 13.5. The van der Waals surface area contributed by atoms with Crippen LogP contribution in [-0.2, 0) is 11.4 Å². The first-order chi connectivity index (χ1) is 9.24. The number of nitriles is 1. The second kappa shape index (κ2) is 4.54. The standard InChI is InChI=1S/C15H16ClN3/c1-2-15(6-3-7-15)19-13-8-11(10-17)4-5-12(13)18-14(19)9-16/h4-5,8H,2-3,6-7,9H2,1H3. The molecule has 0 saturated heterocycles. The monoisotopic (exact) mass is 273 g/mol. The molecule has 1 aliphatic carbocycles. The van der Waals surface area contributed by atoms with Gasteiger partial charge >= 0.3 is 0 Å². The van der Waals surface area contributed by atoms with Gasteiger partial charge in [0.15, 0.2) is 0 Å². The minimum Gasteiger partial charge on any atom is -0.321 e. The number of halogens is 1. The molecule has 0 amide bonds. The van der Waals surface area contributed by atoms with Crippen molar-refractivity contribution >= 4 is 22.6 Å². The zero-order valence-electron chi connectivity index (χ0n) is 11.0. The lowest BCUT2D eigenvalue weighted by Gasteiger charge is -2.44. The third-order valence-corrected chi connectivity index (χ3v) is 4.63. The second-order valence-corrected chi connectivity index (χ2v) is 5.51. The number of rotatable bonds is 3. The van der Waals surface area contributed by atoms with E-state index >= 15 is 0 Å². The zero-order valence-corrected chi connectivity index (χ0v) is 11.7. The normalized spacial score (nSPS) is 17.1. The van der Waals surface area contributed by atoms with Crippen molar-refractivity contribution in [2.45, 2.75) is 44.0 Å². The largest absolute Gasteiger partial charge is 0.321 e. The molecule has 19 heavy (non-hydrogen) atoms. The van der Waals surface area contributed by atoms with E-state index in [1.165, 1.54) is 19.3 Å². The molecule has 1 heterocycles. The van der Waals surface area contributed by atoms with Gasteiger partial charge in [-0.05, 0) is 43.9 Å². The van der Waals surface area contributed by atoms with Crippen LogP contribution in [0.2, 0.25) is 0 Å². The number of nitrogens with zero attached hydrogens (tertiary/aromatic N) is 3. The van der Waals surface area contributed by atoms with E-state index in [1.807, 2.05) is 18.2 Å². The third-order valence-electron chi connectivity index (χ3n) is 4.39. The van der Waals surface area contributed by atoms with E-state index in [0.29, 0.717) is 11.4 Å². The molecular formula is C15H16ClN3. The maximum Gasteiger partial charge on any atom is 0.125 e. The summed E-state index contributed by atoms with van der Waals surface area (Å²) in [5.74, 6) is 1.34. The summed E-state index contributed by atoms with van der Waals surface area (Å²) in [6.07, 6.45) is 4.69. The average molecular weight is 274 g/mol. The van der Waals surface area contributed by atoms with Crippen LogP contribution in [0.1, 0.15) is 44.0 Å². The van der Waals surface area contributed by atoms with Crippen molar-refractivity contribution in [1.82, 2.24) is 9.55 Å². The van der Waals surface area contributed by atoms with Crippen molar-refractivity contribution in [3.8, 4) is 6.07 Å². The Labute approximate surface area is 117 Å². The van der Waals surface area contributed by atoms with E-state index in [9.17, 15) is 0 Å². The van der Waals surface area contributed by atoms with Crippen LogP contribution in [0.5, 0.6) is 0 Å². The van der Waals surface area contributed by atoms with Crippen LogP contribution in [-0.4, -0.2) is 9.55 Å². The molecule has 3 nitrogen and oxygen atoms in total. The predicted octanol–water partition coefficient (Wildman–Crippen LogP) is 3.94. The molecule has 3 rings (SSSR count). The smallest absolute Gasteiger partial charge is 0.125 e. The number of benzene rings is 1. The molecule has 0 radical (unpaired) electrons. The Morgan fingerprint density at radius 3 is 2.79 bits per heavy atom. The first-order valence-electron chi connectivity index (χ1n) is 6.72. The topological polar surface area (TPSA) is 41.6 Å². The summed E-state index contributed by atoms with van der Waals surface area (Å²) in [7, 11) is 0. The van der Waals surface area contributed by atoms with Gasteiger partial charge in [0.2, 0.25) is 0 Å². The summed E-state index contributed by atoms with van der Waals surface area (Å²) in [5, 5.41) is 9.08. The van der Waals surface area contributed by atoms with Crippen LogP contribution in [0.3, 0.4) is 0 Å². The van der Waals surface area contributed by atoms with Gasteiger partial charge in [0.05, 0.1) is 28.5 Å². The summed E-state index contributed by atoms with van der Waals surface area (Å²) in [6, 6.07) is 7.88. The van der Waals surface area contributed by atoms with E-state index in [1.54, 1.807) is 0 Å². The predicted molar refractivity (Wildman–Crippen MR) is 76.1 cm³/mol. The highest BCUT2D eigenvalue weighted by molar-refractivity contribution is 6.16. The van der Waals surface area contributed by atoms with E-state index < -0.39 is 0 Å². The summed E-state index contributed by atoms with van der Waals surface area (Å²) >= 11 is 6.07. The molecule has 0 aliphatic heterocycles. The highest BCUT2D eigenvalue weighted by Crippen LogP contribution is 2.44. The molecular weight excluding hydrogens is 258 g/mol. The molecule has 1 aliphatic rings. The van der Waals surface area contributed by atoms with Gasteiger partial charge in [0.1, 0.15) is 5.82 Å². The Morgan fingerprint density at radius 1 is 1.47 bits per heavy atom. The Balaban J connectivity index is 2.28. The highest BCUT2D eigenvalue weighted by atomic mass is 35.5. The number of hydrogen-bond donors (Lipinski definition) is 0. The molecule has 1 aromatic heterocycles. The van der Waals surface area contributed by atoms with Crippen molar-refractivity contribution in [2.24, 2.45) is 0 Å². The van der Waals surface area contributed by atoms with Crippen molar-refractivity contribution in [3.05, 3.63) is 29.6 Å². The Kier molecular flexibility index (Phi) is 2.99. The first-order valence-corrected chi connectivity index (χ1v) is 7.25. The van der Waals surface area contributed by atoms with Gasteiger partial charge in [-0.1, -0.05) is 6.92 Å². The number of imidazole rings is 1. The van der Waals surface area contributed by atoms with Gasteiger partial charge in [0, 0.05) is 5.54 Å². The van der Waals surface area contributed by atoms with E-state index in [0.717, 1.165) is 23.3 Å². The Morgan fingerprint density at radius 2 is 2.26 bits per heavy atom. The van der Waals surface area contributed by atoms with Gasteiger partial charge in [-0.2, -0.15) is 5.26 Å². The van der Waals surface area contributed by atoms with Crippen molar-refractivity contribution in [1.29, 1.82) is 5.26 Å². The van der Waals surface area contributed by atoms with Gasteiger partial charge in [-0.25, -0.2) is 4.98 Å². The van der Waals surface area contributed by atoms with Gasteiger partial charge < -0.3 is 4.57 Å². The fourth-order valence-electron chi connectivity index (χ4n) is 3.13. The average Bonchev–Trinajstić information content (AvgIpc) is 2.76. The van der Waals surface area contributed by atoms with Gasteiger partial charge in [0.25, 0.3) is 0 Å². The molecule has 4 heteroatoms. The number of hydrogen-bond acceptors (Lipinski definition) is 2. The lowest BCUT2D eigenvalue weighted by molar-refractivity contribution is 0.138. The summed E-state index contributed by atoms with van der Waals surface area (Å²) < 4.78 is 2.29. The Hall–Kier alpha value is -1.53. The fourth-order valence-corrected chi connectivity index (χ4v) is 3.31. The van der Waals surface area contributed by atoms with Crippen LogP contribution >= 0.6 is 11.6 Å². The minimum absolute atomic E-state index is 0.160. The SMILES string of the molecule is CCC1(n2c(CCl)nc3ccc(C#N)cc32)CCC1. The lowest BCUT2D eigenvalue weighted by Crippen LogP contribution is -2.40. The maximum atomic E-state index is 9.08. The molecule has 0 spiro atoms. The van der Waals surface area contributed by atoms with Crippen molar-refractivity contribution < 1.29 is 0 Å². The van der Waals surface area contributed by atoms with E-state index in [-0.39, 0.29) is 5.54 Å². The van der Waals surface area contributed by atoms with E-state index in [4.69, 9.17) is 16.9 Å². The molecule has 0 bridgehead atoms. The summed E-state index contributed by atoms with van der Waals surface area (Å²) in [5.41, 5.74) is 2.83. The molecule has 2 aromatic rings. The minimum atomic E-state index is 0.160. The molecule has 1 saturated carbocycles. The van der Waals surface area contributed by atoms with Crippen LogP contribution < -0.4 is 0 Å². The third kappa shape index (κ3) is 1.74. The second-order valence-electron chi connectivity index (χ2n) is 5.24. The fraction of sp³-hybridized carbons (Fsp3) is 0.467. The molecule has 0 unspecified atom stereocenters. The molecule has 1 aromatic carbocycles. The molecule has 1 fully saturated rings. The van der Waals surface area contributed by atoms with Crippen molar-refractivity contribution in [2.75, 3.05) is 0 Å². The Bertz CT molecular complexity index is 656. The van der Waals surface area contributed by atoms with Crippen LogP contribution in [0.15, 0.2) is 18.2 Å². The first kappa shape index (κ1) is 12.5. The maximum absolute atomic E-state index is 9.08. The van der Waals surface area contributed by atoms with Crippen LogP contribution in [0.4, 0.5) is 0 Å². The quantitative estimate of drug-likeness (QED) is 0.795. The summed E-state index contributed by atoms with van der Waals surface area (Å²) in [6.45, 7) is 2.22. The lowest BCUT2D eigenvalue weighted by atomic mass is 9.74. The number of alkyl halides is 1. The van der Waals surface area contributed by atoms with Gasteiger partial charge in [-0.15, -0.1) is 11.6 Å².